The van der Waals surface area contributed by atoms with Crippen LogP contribution in [0.4, 0.5) is 0 Å². The molecule has 3 heteroatoms. The third-order valence-corrected chi connectivity index (χ3v) is 4.78. The van der Waals surface area contributed by atoms with Gasteiger partial charge in [0.1, 0.15) is 0 Å². The molecule has 1 saturated carbocycles. The molecular formula is C16H30N2O. The van der Waals surface area contributed by atoms with Gasteiger partial charge in [0, 0.05) is 19.0 Å². The van der Waals surface area contributed by atoms with Gasteiger partial charge in [0.25, 0.3) is 0 Å². The highest BCUT2D eigenvalue weighted by molar-refractivity contribution is 5.78. The van der Waals surface area contributed by atoms with Crippen LogP contribution in [0.3, 0.4) is 0 Å². The maximum Gasteiger partial charge on any atom is 0.225 e. The number of carbonyl (C=O) groups excluding carboxylic acids is 1. The van der Waals surface area contributed by atoms with E-state index in [-0.39, 0.29) is 0 Å². The molecule has 0 radical (unpaired) electrons. The van der Waals surface area contributed by atoms with Gasteiger partial charge in [-0.25, -0.2) is 0 Å². The monoisotopic (exact) mass is 266 g/mol. The van der Waals surface area contributed by atoms with Crippen molar-refractivity contribution in [3.05, 3.63) is 0 Å². The molecule has 1 unspecified atom stereocenters. The molecule has 110 valence electrons. The fourth-order valence-corrected chi connectivity index (χ4v) is 3.55. The summed E-state index contributed by atoms with van der Waals surface area (Å²) in [6.07, 6.45) is 9.93. The minimum Gasteiger partial charge on any atom is -0.342 e. The van der Waals surface area contributed by atoms with E-state index in [2.05, 4.69) is 17.1 Å². The van der Waals surface area contributed by atoms with Crippen molar-refractivity contribution in [1.82, 2.24) is 10.2 Å². The Morgan fingerprint density at radius 2 is 1.84 bits per heavy atom. The van der Waals surface area contributed by atoms with Crippen LogP contribution in [-0.2, 0) is 4.79 Å². The van der Waals surface area contributed by atoms with Crippen molar-refractivity contribution in [3.8, 4) is 0 Å². The molecule has 1 heterocycles. The standard InChI is InChI=1S/C16H30N2O/c1-2-18(13-14-8-7-11-17-12-14)16(19)15-9-5-3-4-6-10-15/h14-15,17H,2-13H2,1H3. The highest BCUT2D eigenvalue weighted by atomic mass is 16.2. The molecule has 2 aliphatic rings. The Bertz CT molecular complexity index is 266. The van der Waals surface area contributed by atoms with Crippen LogP contribution < -0.4 is 5.32 Å². The summed E-state index contributed by atoms with van der Waals surface area (Å²) in [5.74, 6) is 1.43. The summed E-state index contributed by atoms with van der Waals surface area (Å²) < 4.78 is 0. The molecule has 1 N–H and O–H groups in total. The Hall–Kier alpha value is -0.570. The zero-order chi connectivity index (χ0) is 13.5. The summed E-state index contributed by atoms with van der Waals surface area (Å²) in [4.78, 5) is 14.8. The molecule has 2 rings (SSSR count). The van der Waals surface area contributed by atoms with Crippen molar-refractivity contribution in [1.29, 1.82) is 0 Å². The van der Waals surface area contributed by atoms with E-state index < -0.39 is 0 Å². The fraction of sp³-hybridized carbons (Fsp3) is 0.938. The van der Waals surface area contributed by atoms with Crippen LogP contribution in [0.25, 0.3) is 0 Å². The first-order valence-corrected chi connectivity index (χ1v) is 8.30. The topological polar surface area (TPSA) is 32.3 Å². The Morgan fingerprint density at radius 3 is 2.42 bits per heavy atom. The van der Waals surface area contributed by atoms with E-state index >= 15 is 0 Å². The second-order valence-corrected chi connectivity index (χ2v) is 6.28. The highest BCUT2D eigenvalue weighted by Gasteiger charge is 2.26. The quantitative estimate of drug-likeness (QED) is 0.794. The third-order valence-electron chi connectivity index (χ3n) is 4.78. The van der Waals surface area contributed by atoms with Gasteiger partial charge >= 0.3 is 0 Å². The lowest BCUT2D eigenvalue weighted by atomic mass is 9.95. The van der Waals surface area contributed by atoms with Gasteiger partial charge in [0.2, 0.25) is 5.91 Å². The van der Waals surface area contributed by atoms with E-state index in [1.54, 1.807) is 0 Å². The van der Waals surface area contributed by atoms with Crippen molar-refractivity contribution in [2.24, 2.45) is 11.8 Å². The predicted octanol–water partition coefficient (Wildman–Crippen LogP) is 2.80. The van der Waals surface area contributed by atoms with Crippen LogP contribution >= 0.6 is 0 Å². The van der Waals surface area contributed by atoms with E-state index in [9.17, 15) is 4.79 Å². The van der Waals surface area contributed by atoms with Crippen LogP contribution in [0, 0.1) is 11.8 Å². The molecule has 2 fully saturated rings. The van der Waals surface area contributed by atoms with Gasteiger partial charge in [-0.1, -0.05) is 25.7 Å². The predicted molar refractivity (Wildman–Crippen MR) is 79.0 cm³/mol. The normalized spacial score (nSPS) is 25.8. The highest BCUT2D eigenvalue weighted by Crippen LogP contribution is 2.25. The summed E-state index contributed by atoms with van der Waals surface area (Å²) in [6.45, 7) is 6.23. The molecule has 1 atom stereocenters. The lowest BCUT2D eigenvalue weighted by molar-refractivity contribution is -0.136. The lowest BCUT2D eigenvalue weighted by Gasteiger charge is -2.31. The molecule has 1 aliphatic heterocycles. The number of piperidine rings is 1. The Kier molecular flexibility index (Phi) is 6.15. The molecule has 0 aromatic heterocycles. The minimum absolute atomic E-state index is 0.319. The summed E-state index contributed by atoms with van der Waals surface area (Å²) in [7, 11) is 0. The van der Waals surface area contributed by atoms with Gasteiger partial charge in [0.05, 0.1) is 0 Å². The summed E-state index contributed by atoms with van der Waals surface area (Å²) in [5.41, 5.74) is 0. The first-order chi connectivity index (χ1) is 9.31. The molecule has 1 amide bonds. The second-order valence-electron chi connectivity index (χ2n) is 6.28. The Labute approximate surface area is 118 Å². The fourth-order valence-electron chi connectivity index (χ4n) is 3.55. The molecule has 0 bridgehead atoms. The van der Waals surface area contributed by atoms with E-state index in [0.29, 0.717) is 17.7 Å². The number of nitrogens with zero attached hydrogens (tertiary/aromatic N) is 1. The van der Waals surface area contributed by atoms with Crippen molar-refractivity contribution < 1.29 is 4.79 Å². The van der Waals surface area contributed by atoms with Gasteiger partial charge in [0.15, 0.2) is 0 Å². The third kappa shape index (κ3) is 4.48. The number of amides is 1. The van der Waals surface area contributed by atoms with Gasteiger partial charge in [-0.2, -0.15) is 0 Å². The first kappa shape index (κ1) is 14.8. The average molecular weight is 266 g/mol. The summed E-state index contributed by atoms with van der Waals surface area (Å²) >= 11 is 0. The molecule has 1 aliphatic carbocycles. The Morgan fingerprint density at radius 1 is 1.11 bits per heavy atom. The molecule has 1 saturated heterocycles. The van der Waals surface area contributed by atoms with Crippen molar-refractivity contribution >= 4 is 5.91 Å². The van der Waals surface area contributed by atoms with Crippen molar-refractivity contribution in [2.45, 2.75) is 58.3 Å². The van der Waals surface area contributed by atoms with Gasteiger partial charge in [-0.05, 0) is 51.6 Å². The van der Waals surface area contributed by atoms with Crippen LogP contribution in [-0.4, -0.2) is 37.0 Å². The minimum atomic E-state index is 0.319. The van der Waals surface area contributed by atoms with E-state index in [1.165, 1.54) is 38.5 Å². The van der Waals surface area contributed by atoms with E-state index in [4.69, 9.17) is 0 Å². The molecule has 0 aromatic carbocycles. The maximum atomic E-state index is 12.7. The number of hydrogen-bond acceptors (Lipinski definition) is 2. The van der Waals surface area contributed by atoms with E-state index in [0.717, 1.165) is 39.0 Å². The van der Waals surface area contributed by atoms with E-state index in [1.807, 2.05) is 0 Å². The SMILES string of the molecule is CCN(CC1CCCNC1)C(=O)C1CCCCCC1. The zero-order valence-electron chi connectivity index (χ0n) is 12.5. The largest absolute Gasteiger partial charge is 0.342 e. The summed E-state index contributed by atoms with van der Waals surface area (Å²) in [5, 5.41) is 3.45. The van der Waals surface area contributed by atoms with Crippen LogP contribution in [0.5, 0.6) is 0 Å². The molecular weight excluding hydrogens is 236 g/mol. The van der Waals surface area contributed by atoms with Crippen LogP contribution in [0.1, 0.15) is 58.3 Å². The van der Waals surface area contributed by atoms with Gasteiger partial charge in [-0.3, -0.25) is 4.79 Å². The van der Waals surface area contributed by atoms with Crippen LogP contribution in [0.15, 0.2) is 0 Å². The van der Waals surface area contributed by atoms with Crippen LogP contribution in [0.2, 0.25) is 0 Å². The average Bonchev–Trinajstić information content (AvgIpc) is 2.74. The van der Waals surface area contributed by atoms with Gasteiger partial charge in [-0.15, -0.1) is 0 Å². The molecule has 19 heavy (non-hydrogen) atoms. The first-order valence-electron chi connectivity index (χ1n) is 8.30. The zero-order valence-corrected chi connectivity index (χ0v) is 12.5. The maximum absolute atomic E-state index is 12.7. The smallest absolute Gasteiger partial charge is 0.225 e. The molecule has 0 aromatic rings. The Balaban J connectivity index is 1.85. The molecule has 0 spiro atoms. The van der Waals surface area contributed by atoms with Crippen molar-refractivity contribution in [2.75, 3.05) is 26.2 Å². The van der Waals surface area contributed by atoms with Gasteiger partial charge < -0.3 is 10.2 Å². The number of hydrogen-bond donors (Lipinski definition) is 1. The van der Waals surface area contributed by atoms with Crippen molar-refractivity contribution in [3.63, 3.8) is 0 Å². The second kappa shape index (κ2) is 7.88. The number of nitrogens with one attached hydrogen (secondary N) is 1. The summed E-state index contributed by atoms with van der Waals surface area (Å²) in [6, 6.07) is 0. The number of rotatable bonds is 4. The number of carbonyl (C=O) groups is 1. The molecule has 3 nitrogen and oxygen atoms in total. The lowest BCUT2D eigenvalue weighted by Crippen LogP contribution is -2.43.